The van der Waals surface area contributed by atoms with Crippen LogP contribution in [-0.2, 0) is 37.3 Å². The van der Waals surface area contributed by atoms with Crippen LogP contribution in [0.2, 0.25) is 0 Å². The number of pyridine rings is 1. The van der Waals surface area contributed by atoms with Gasteiger partial charge in [-0.3, -0.25) is 0 Å². The number of aromatic nitrogens is 2. The summed E-state index contributed by atoms with van der Waals surface area (Å²) in [4.78, 5) is 8.36. The zero-order valence-corrected chi connectivity index (χ0v) is 35.2. The van der Waals surface area contributed by atoms with E-state index < -0.39 is 12.4 Å². The fraction of sp³-hybridized carbons (Fsp3) is 0.192. The zero-order chi connectivity index (χ0) is 41.1. The number of benzene rings is 6. The van der Waals surface area contributed by atoms with Crippen molar-refractivity contribution in [3.8, 4) is 16.9 Å². The molecule has 8 aromatic rings. The summed E-state index contributed by atoms with van der Waals surface area (Å²) in [5.41, 5.74) is 12.1. The van der Waals surface area contributed by atoms with Gasteiger partial charge in [-0.05, 0) is 86.9 Å². The fourth-order valence-electron chi connectivity index (χ4n) is 8.95. The van der Waals surface area contributed by atoms with E-state index >= 15 is 0 Å². The minimum Gasteiger partial charge on any atom is -0.504 e. The van der Waals surface area contributed by atoms with E-state index in [0.717, 1.165) is 77.9 Å². The number of anilines is 3. The predicted octanol–water partition coefficient (Wildman–Crippen LogP) is 12.4. The van der Waals surface area contributed by atoms with Crippen LogP contribution in [0.4, 0.5) is 17.1 Å². The van der Waals surface area contributed by atoms with Crippen LogP contribution in [0, 0.1) is 18.8 Å². The Labute approximate surface area is 355 Å². The first-order valence-electron chi connectivity index (χ1n) is 20.9. The molecule has 0 radical (unpaired) electrons. The number of hydrogen-bond acceptors (Lipinski definition) is 3. The molecule has 57 heavy (non-hydrogen) atoms. The molecule has 5 heteroatoms. The Morgan fingerprint density at radius 3 is 2.02 bits per heavy atom. The first-order valence-corrected chi connectivity index (χ1v) is 19.4. The number of rotatable bonds is 4. The van der Waals surface area contributed by atoms with Gasteiger partial charge in [-0.1, -0.05) is 120 Å². The van der Waals surface area contributed by atoms with Crippen LogP contribution in [0.25, 0.3) is 38.8 Å². The molecule has 2 aromatic heterocycles. The maximum atomic E-state index is 8.48. The van der Waals surface area contributed by atoms with Crippen molar-refractivity contribution in [1.29, 1.82) is 0 Å². The van der Waals surface area contributed by atoms with Crippen LogP contribution < -0.4 is 9.80 Å². The predicted molar refractivity (Wildman–Crippen MR) is 232 cm³/mol. The van der Waals surface area contributed by atoms with E-state index in [-0.39, 0.29) is 31.9 Å². The van der Waals surface area contributed by atoms with Crippen LogP contribution >= 0.6 is 0 Å². The van der Waals surface area contributed by atoms with Gasteiger partial charge in [-0.25, -0.2) is 4.98 Å². The second kappa shape index (κ2) is 13.3. The summed E-state index contributed by atoms with van der Waals surface area (Å²) in [6.07, 6.45) is 1.91. The molecule has 2 aliphatic rings. The Morgan fingerprint density at radius 2 is 1.30 bits per heavy atom. The monoisotopic (exact) mass is 923 g/mol. The Balaban J connectivity index is 0.00000462. The Bertz CT molecular complexity index is 2920. The molecule has 286 valence electrons. The molecular weight excluding hydrogens is 876 g/mol. The second-order valence-electron chi connectivity index (χ2n) is 17.2. The third kappa shape index (κ3) is 5.63. The van der Waals surface area contributed by atoms with E-state index in [4.69, 9.17) is 9.10 Å². The summed E-state index contributed by atoms with van der Waals surface area (Å²) in [6, 6.07) is 55.0. The summed E-state index contributed by atoms with van der Waals surface area (Å²) in [7, 11) is 0. The first-order chi connectivity index (χ1) is 28.2. The minimum atomic E-state index is -2.38. The smallest absolute Gasteiger partial charge is 0.135 e. The fourth-order valence-corrected chi connectivity index (χ4v) is 8.95. The summed E-state index contributed by atoms with van der Waals surface area (Å²) in [5.74, 6) is 0.850. The molecule has 4 nitrogen and oxygen atoms in total. The Kier molecular flexibility index (Phi) is 7.87. The standard InChI is InChI=1S/C52H45N4.Pt/c1-50(2,3)34-24-26-46-48(30-34)55(33-54(46)7)38-16-14-15-36(29-38)52(43-20-11-8-17-39(43)40-18-9-12-21-44(40)52)37-23-25-42-41-19-10-13-22-45(41)56(47(42)31-37)49-32-35(27-28-53-49)51(4,5)6;/h8-28,30,32-33H,1-7H3;/q-3;/i7D3;. The molecule has 1 aliphatic heterocycles. The number of fused-ring (bicyclic) bond motifs is 7. The molecule has 0 atom stereocenters. The topological polar surface area (TPSA) is 24.3 Å². The van der Waals surface area contributed by atoms with Gasteiger partial charge in [0.1, 0.15) is 5.82 Å². The summed E-state index contributed by atoms with van der Waals surface area (Å²) < 4.78 is 27.7. The Hall–Kier alpha value is -5.44. The molecule has 10 rings (SSSR count). The third-order valence-corrected chi connectivity index (χ3v) is 11.8. The molecule has 0 N–H and O–H groups in total. The van der Waals surface area contributed by atoms with Crippen molar-refractivity contribution in [3.05, 3.63) is 192 Å². The van der Waals surface area contributed by atoms with Gasteiger partial charge in [0.05, 0.1) is 0 Å². The molecule has 0 saturated carbocycles. The van der Waals surface area contributed by atoms with Crippen LogP contribution in [-0.4, -0.2) is 16.5 Å². The van der Waals surface area contributed by atoms with Crippen LogP contribution in [0.3, 0.4) is 0 Å². The van der Waals surface area contributed by atoms with Gasteiger partial charge in [0.15, 0.2) is 0 Å². The van der Waals surface area contributed by atoms with Gasteiger partial charge in [0.25, 0.3) is 0 Å². The van der Waals surface area contributed by atoms with E-state index in [0.29, 0.717) is 5.69 Å². The minimum absolute atomic E-state index is 0. The summed E-state index contributed by atoms with van der Waals surface area (Å²) in [6.45, 7) is 12.5. The summed E-state index contributed by atoms with van der Waals surface area (Å²) >= 11 is 0. The van der Waals surface area contributed by atoms with E-state index in [1.54, 1.807) is 6.67 Å². The van der Waals surface area contributed by atoms with Gasteiger partial charge in [-0.15, -0.1) is 22.2 Å². The van der Waals surface area contributed by atoms with Crippen molar-refractivity contribution in [2.45, 2.75) is 57.8 Å². The molecule has 3 heterocycles. The molecule has 0 amide bonds. The van der Waals surface area contributed by atoms with Crippen molar-refractivity contribution in [3.63, 3.8) is 0 Å². The van der Waals surface area contributed by atoms with Crippen molar-refractivity contribution < 1.29 is 25.2 Å². The van der Waals surface area contributed by atoms with Gasteiger partial charge in [0.2, 0.25) is 0 Å². The SMILES string of the molecule is [2H]C([2H])([2H])N1[CH-]N(c2[c-]c(C3(c4[c-]c5c(cc4)c4ccccc4n5-c4cc(C(C)(C)C)ccn4)c4ccccc4-c4ccccc43)ccc2)c2cc(C(C)(C)C)ccc21.[Pt]. The van der Waals surface area contributed by atoms with Crippen molar-refractivity contribution >= 4 is 38.9 Å². The van der Waals surface area contributed by atoms with E-state index in [1.807, 2.05) is 29.3 Å². The molecule has 1 aliphatic carbocycles. The molecule has 0 spiro atoms. The van der Waals surface area contributed by atoms with Crippen molar-refractivity contribution in [2.75, 3.05) is 16.8 Å². The molecule has 0 saturated heterocycles. The van der Waals surface area contributed by atoms with Crippen molar-refractivity contribution in [2.24, 2.45) is 0 Å². The molecule has 0 unspecified atom stereocenters. The average molecular weight is 924 g/mol. The normalized spacial score (nSPS) is 15.4. The zero-order valence-electron chi connectivity index (χ0n) is 36.0. The van der Waals surface area contributed by atoms with Crippen molar-refractivity contribution in [1.82, 2.24) is 9.55 Å². The van der Waals surface area contributed by atoms with Gasteiger partial charge >= 0.3 is 0 Å². The molecule has 0 bridgehead atoms. The van der Waals surface area contributed by atoms with Gasteiger partial charge in [0, 0.05) is 53.7 Å². The van der Waals surface area contributed by atoms with E-state index in [1.165, 1.54) is 10.5 Å². The number of hydrogen-bond donors (Lipinski definition) is 0. The quantitative estimate of drug-likeness (QED) is 0.164. The molecule has 0 fully saturated rings. The van der Waals surface area contributed by atoms with Crippen LogP contribution in [0.1, 0.15) is 79.0 Å². The third-order valence-electron chi connectivity index (χ3n) is 11.8. The maximum absolute atomic E-state index is 8.48. The molecule has 6 aromatic carbocycles. The largest absolute Gasteiger partial charge is 0.504 e. The average Bonchev–Trinajstić information content (AvgIpc) is 3.87. The van der Waals surface area contributed by atoms with Crippen LogP contribution in [0.5, 0.6) is 0 Å². The van der Waals surface area contributed by atoms with E-state index in [9.17, 15) is 0 Å². The second-order valence-corrected chi connectivity index (χ2v) is 17.2. The van der Waals surface area contributed by atoms with Gasteiger partial charge < -0.3 is 14.4 Å². The Morgan fingerprint density at radius 1 is 0.632 bits per heavy atom. The van der Waals surface area contributed by atoms with E-state index in [2.05, 4.69) is 174 Å². The maximum Gasteiger partial charge on any atom is 0.135 e. The summed E-state index contributed by atoms with van der Waals surface area (Å²) in [5, 5.41) is 2.24. The number of nitrogens with zero attached hydrogens (tertiary/aromatic N) is 4. The number of para-hydroxylation sites is 1. The van der Waals surface area contributed by atoms with Gasteiger partial charge in [-0.2, -0.15) is 49.1 Å². The molecular formula is C52H45N4Pt-3. The first kappa shape index (κ1) is 33.7. The van der Waals surface area contributed by atoms with Crippen LogP contribution in [0.15, 0.2) is 140 Å².